The number of amides is 2. The summed E-state index contributed by atoms with van der Waals surface area (Å²) in [6, 6.07) is 17.3. The molecule has 1 atom stereocenters. The van der Waals surface area contributed by atoms with Gasteiger partial charge in [-0.1, -0.05) is 48.0 Å². The minimum absolute atomic E-state index is 0.0536. The minimum Gasteiger partial charge on any atom is -0.350 e. The largest absolute Gasteiger partial charge is 0.350 e. The maximum atomic E-state index is 14.6. The van der Waals surface area contributed by atoms with Crippen molar-refractivity contribution in [2.45, 2.75) is 57.6 Å². The lowest BCUT2D eigenvalue weighted by molar-refractivity contribution is -0.140. The summed E-state index contributed by atoms with van der Waals surface area (Å²) < 4.78 is 43.3. The van der Waals surface area contributed by atoms with Crippen molar-refractivity contribution in [3.8, 4) is 0 Å². The van der Waals surface area contributed by atoms with Gasteiger partial charge < -0.3 is 10.2 Å². The number of carbonyl (C=O) groups excluding carboxylic acids is 2. The van der Waals surface area contributed by atoms with Crippen LogP contribution in [0.5, 0.6) is 0 Å². The van der Waals surface area contributed by atoms with Crippen LogP contribution in [0.2, 0.25) is 5.02 Å². The highest BCUT2D eigenvalue weighted by molar-refractivity contribution is 7.92. The summed E-state index contributed by atoms with van der Waals surface area (Å²) in [4.78, 5) is 28.1. The van der Waals surface area contributed by atoms with Crippen LogP contribution in [-0.4, -0.2) is 43.3 Å². The van der Waals surface area contributed by atoms with Crippen LogP contribution in [0.4, 0.5) is 10.1 Å². The van der Waals surface area contributed by atoms with Crippen molar-refractivity contribution < 1.29 is 22.4 Å². The summed E-state index contributed by atoms with van der Waals surface area (Å²) in [6.07, 6.45) is 0. The molecule has 208 valence electrons. The Labute approximate surface area is 234 Å². The molecule has 0 aliphatic rings. The average molecular weight is 574 g/mol. The van der Waals surface area contributed by atoms with Crippen LogP contribution in [0.1, 0.15) is 38.8 Å². The molecule has 0 saturated heterocycles. The molecule has 0 aliphatic carbocycles. The molecule has 1 N–H and O–H groups in total. The molecule has 3 aromatic carbocycles. The van der Waals surface area contributed by atoms with Crippen LogP contribution in [0.25, 0.3) is 0 Å². The van der Waals surface area contributed by atoms with E-state index in [4.69, 9.17) is 11.6 Å². The molecule has 0 heterocycles. The molecule has 7 nitrogen and oxygen atoms in total. The lowest BCUT2D eigenvalue weighted by Gasteiger charge is -2.33. The van der Waals surface area contributed by atoms with Gasteiger partial charge in [0.2, 0.25) is 11.8 Å². The maximum absolute atomic E-state index is 14.6. The molecule has 2 amide bonds. The van der Waals surface area contributed by atoms with Gasteiger partial charge in [0.1, 0.15) is 18.4 Å². The van der Waals surface area contributed by atoms with Crippen LogP contribution in [0, 0.1) is 12.7 Å². The second-order valence-corrected chi connectivity index (χ2v) is 12.6. The number of nitrogens with zero attached hydrogens (tertiary/aromatic N) is 2. The third kappa shape index (κ3) is 7.58. The van der Waals surface area contributed by atoms with Crippen molar-refractivity contribution in [1.29, 1.82) is 0 Å². The monoisotopic (exact) mass is 573 g/mol. The first kappa shape index (κ1) is 30.1. The summed E-state index contributed by atoms with van der Waals surface area (Å²) in [6.45, 7) is 7.84. The first-order valence-corrected chi connectivity index (χ1v) is 14.2. The van der Waals surface area contributed by atoms with E-state index < -0.39 is 45.8 Å². The van der Waals surface area contributed by atoms with Gasteiger partial charge in [-0.3, -0.25) is 13.9 Å². The van der Waals surface area contributed by atoms with Crippen LogP contribution in [0.15, 0.2) is 77.7 Å². The number of hydrogen-bond donors (Lipinski definition) is 1. The van der Waals surface area contributed by atoms with Gasteiger partial charge in [0.05, 0.1) is 10.6 Å². The number of para-hydroxylation sites is 1. The summed E-state index contributed by atoms with van der Waals surface area (Å²) >= 11 is 5.97. The number of carbonyl (C=O) groups is 2. The molecule has 0 bridgehead atoms. The molecular formula is C29H33ClFN3O4S. The number of rotatable bonds is 9. The zero-order valence-electron chi connectivity index (χ0n) is 22.6. The molecule has 0 radical (unpaired) electrons. The van der Waals surface area contributed by atoms with Crippen molar-refractivity contribution in [3.05, 3.63) is 94.8 Å². The second kappa shape index (κ2) is 12.2. The predicted molar refractivity (Wildman–Crippen MR) is 151 cm³/mol. The van der Waals surface area contributed by atoms with Gasteiger partial charge >= 0.3 is 0 Å². The predicted octanol–water partition coefficient (Wildman–Crippen LogP) is 5.31. The van der Waals surface area contributed by atoms with E-state index in [1.807, 2.05) is 0 Å². The minimum atomic E-state index is -4.23. The smallest absolute Gasteiger partial charge is 0.264 e. The van der Waals surface area contributed by atoms with Crippen molar-refractivity contribution in [3.63, 3.8) is 0 Å². The third-order valence-electron chi connectivity index (χ3n) is 6.03. The number of aryl methyl sites for hydroxylation is 1. The molecule has 10 heteroatoms. The van der Waals surface area contributed by atoms with Crippen LogP contribution in [0.3, 0.4) is 0 Å². The summed E-state index contributed by atoms with van der Waals surface area (Å²) in [5.74, 6) is -1.66. The Hall–Kier alpha value is -3.43. The van der Waals surface area contributed by atoms with Crippen LogP contribution >= 0.6 is 11.6 Å². The standard InChI is InChI=1S/C29H33ClFN3O4S/c1-20-10-6-9-13-26(20)34(39(37,38)24-16-14-23(30)15-17-24)19-27(35)33(18-22-11-7-8-12-25(22)31)21(2)28(36)32-29(3,4)5/h6-17,21H,18-19H2,1-5H3,(H,32,36)/t21-/m0/s1. The van der Waals surface area contributed by atoms with Gasteiger partial charge in [-0.25, -0.2) is 12.8 Å². The lowest BCUT2D eigenvalue weighted by Crippen LogP contribution is -2.54. The van der Waals surface area contributed by atoms with Crippen LogP contribution in [-0.2, 0) is 26.2 Å². The zero-order valence-corrected chi connectivity index (χ0v) is 24.2. The van der Waals surface area contributed by atoms with Crippen LogP contribution < -0.4 is 9.62 Å². The topological polar surface area (TPSA) is 86.8 Å². The van der Waals surface area contributed by atoms with Gasteiger partial charge in [-0.2, -0.15) is 0 Å². The van der Waals surface area contributed by atoms with Crippen molar-refractivity contribution >= 4 is 39.1 Å². The summed E-state index contributed by atoms with van der Waals surface area (Å²) in [5, 5.41) is 3.20. The molecule has 0 saturated carbocycles. The van der Waals surface area contributed by atoms with E-state index in [2.05, 4.69) is 5.32 Å². The molecule has 0 unspecified atom stereocenters. The Morgan fingerprint density at radius 3 is 2.15 bits per heavy atom. The van der Waals surface area contributed by atoms with E-state index in [0.29, 0.717) is 16.3 Å². The summed E-state index contributed by atoms with van der Waals surface area (Å²) in [5.41, 5.74) is 0.549. The summed E-state index contributed by atoms with van der Waals surface area (Å²) in [7, 11) is -4.23. The Balaban J connectivity index is 2.06. The zero-order chi connectivity index (χ0) is 29.0. The maximum Gasteiger partial charge on any atom is 0.264 e. The second-order valence-electron chi connectivity index (χ2n) is 10.3. The molecule has 3 rings (SSSR count). The molecule has 0 fully saturated rings. The highest BCUT2D eigenvalue weighted by Gasteiger charge is 2.34. The van der Waals surface area contributed by atoms with Gasteiger partial charge in [-0.15, -0.1) is 0 Å². The molecular weight excluding hydrogens is 541 g/mol. The number of halogens is 2. The molecule has 0 aromatic heterocycles. The Kier molecular flexibility index (Phi) is 9.40. The van der Waals surface area contributed by atoms with E-state index in [9.17, 15) is 22.4 Å². The average Bonchev–Trinajstić information content (AvgIpc) is 2.86. The number of benzene rings is 3. The fraction of sp³-hybridized carbons (Fsp3) is 0.310. The highest BCUT2D eigenvalue weighted by atomic mass is 35.5. The molecule has 0 aliphatic heterocycles. The van der Waals surface area contributed by atoms with E-state index in [1.54, 1.807) is 58.0 Å². The Morgan fingerprint density at radius 1 is 0.974 bits per heavy atom. The van der Waals surface area contributed by atoms with Gasteiger partial charge in [-0.05, 0) is 76.6 Å². The van der Waals surface area contributed by atoms with E-state index in [-0.39, 0.29) is 17.0 Å². The van der Waals surface area contributed by atoms with Gasteiger partial charge in [0, 0.05) is 22.7 Å². The number of hydrogen-bond acceptors (Lipinski definition) is 4. The van der Waals surface area contributed by atoms with Gasteiger partial charge in [0.15, 0.2) is 0 Å². The first-order chi connectivity index (χ1) is 18.2. The number of anilines is 1. The quantitative estimate of drug-likeness (QED) is 0.376. The molecule has 0 spiro atoms. The van der Waals surface area contributed by atoms with E-state index >= 15 is 0 Å². The number of sulfonamides is 1. The van der Waals surface area contributed by atoms with Gasteiger partial charge in [0.25, 0.3) is 10.0 Å². The Bertz CT molecular complexity index is 1440. The lowest BCUT2D eigenvalue weighted by atomic mass is 10.1. The molecule has 3 aromatic rings. The van der Waals surface area contributed by atoms with E-state index in [0.717, 1.165) is 4.31 Å². The third-order valence-corrected chi connectivity index (χ3v) is 8.05. The fourth-order valence-corrected chi connectivity index (χ4v) is 5.56. The van der Waals surface area contributed by atoms with Crippen molar-refractivity contribution in [1.82, 2.24) is 10.2 Å². The SMILES string of the molecule is Cc1ccccc1N(CC(=O)N(Cc1ccccc1F)[C@@H](C)C(=O)NC(C)(C)C)S(=O)(=O)c1ccc(Cl)cc1. The first-order valence-electron chi connectivity index (χ1n) is 12.4. The highest BCUT2D eigenvalue weighted by Crippen LogP contribution is 2.28. The van der Waals surface area contributed by atoms with Crippen molar-refractivity contribution in [2.24, 2.45) is 0 Å². The Morgan fingerprint density at radius 2 is 1.56 bits per heavy atom. The fourth-order valence-electron chi connectivity index (χ4n) is 3.96. The van der Waals surface area contributed by atoms with Crippen molar-refractivity contribution in [2.75, 3.05) is 10.8 Å². The molecule has 39 heavy (non-hydrogen) atoms. The normalized spacial score (nSPS) is 12.5. The van der Waals surface area contributed by atoms with E-state index in [1.165, 1.54) is 54.3 Å². The number of nitrogens with one attached hydrogen (secondary N) is 1.